The second-order valence-electron chi connectivity index (χ2n) is 8.82. The van der Waals surface area contributed by atoms with Crippen molar-refractivity contribution in [2.24, 2.45) is 5.92 Å². The maximum atomic E-state index is 5.44. The summed E-state index contributed by atoms with van der Waals surface area (Å²) in [5.41, 5.74) is 6.13. The Morgan fingerprint density at radius 3 is 2.45 bits per heavy atom. The number of thiocarbonyl (C=S) groups is 1. The average molecular weight is 411 g/mol. The molecule has 0 radical (unpaired) electrons. The molecule has 156 valence electrons. The molecule has 2 atom stereocenters. The number of nitrogens with zero attached hydrogens (tertiary/aromatic N) is 2. The second-order valence-corrected chi connectivity index (χ2v) is 9.23. The van der Waals surface area contributed by atoms with E-state index in [-0.39, 0.29) is 6.04 Å². The number of allylic oxidation sites excluding steroid dienone is 1. The highest BCUT2D eigenvalue weighted by Crippen LogP contribution is 2.34. The van der Waals surface area contributed by atoms with Gasteiger partial charge in [-0.2, -0.15) is 5.10 Å². The Labute approximate surface area is 180 Å². The van der Waals surface area contributed by atoms with Crippen LogP contribution in [-0.4, -0.2) is 27.5 Å². The fourth-order valence-corrected chi connectivity index (χ4v) is 4.21. The molecule has 1 aromatic carbocycles. The molecular weight excluding hydrogens is 376 g/mol. The molecule has 0 aliphatic heterocycles. The van der Waals surface area contributed by atoms with Crippen LogP contribution in [0.15, 0.2) is 36.4 Å². The standard InChI is InChI=1S/C24H34N4S/c1-15(2)14-25-24(29)26-21-10-7-20(13-21)23-17(5)27-28(18(23)6)22-11-8-19(9-12-22)16(3)4/h7-12,15-16,20-21H,13-14H2,1-6H3,(H2,25,26,29)/t20-,21+/m0/s1. The molecule has 2 N–H and O–H groups in total. The molecule has 1 heterocycles. The van der Waals surface area contributed by atoms with Gasteiger partial charge in [-0.1, -0.05) is 52.0 Å². The summed E-state index contributed by atoms with van der Waals surface area (Å²) < 4.78 is 2.08. The van der Waals surface area contributed by atoms with Crippen molar-refractivity contribution < 1.29 is 0 Å². The number of rotatable bonds is 6. The van der Waals surface area contributed by atoms with Gasteiger partial charge in [0.25, 0.3) is 0 Å². The molecule has 1 aliphatic carbocycles. The van der Waals surface area contributed by atoms with Crippen LogP contribution in [0.1, 0.15) is 68.5 Å². The van der Waals surface area contributed by atoms with Gasteiger partial charge in [0.1, 0.15) is 0 Å². The van der Waals surface area contributed by atoms with E-state index in [4.69, 9.17) is 17.3 Å². The lowest BCUT2D eigenvalue weighted by atomic mass is 9.96. The highest BCUT2D eigenvalue weighted by atomic mass is 32.1. The summed E-state index contributed by atoms with van der Waals surface area (Å²) in [7, 11) is 0. The van der Waals surface area contributed by atoms with E-state index in [1.54, 1.807) is 0 Å². The van der Waals surface area contributed by atoms with E-state index in [1.807, 2.05) is 0 Å². The zero-order valence-electron chi connectivity index (χ0n) is 18.5. The maximum absolute atomic E-state index is 5.44. The van der Waals surface area contributed by atoms with Gasteiger partial charge in [0.2, 0.25) is 0 Å². The fourth-order valence-electron chi connectivity index (χ4n) is 3.98. The van der Waals surface area contributed by atoms with Gasteiger partial charge in [0, 0.05) is 29.8 Å². The SMILES string of the molecule is Cc1nn(-c2ccc(C(C)C)cc2)c(C)c1[C@H]1C=C[C@@H](NC(=S)NCC(C)C)C1. The van der Waals surface area contributed by atoms with Crippen molar-refractivity contribution in [3.8, 4) is 5.69 Å². The van der Waals surface area contributed by atoms with Gasteiger partial charge in [-0.3, -0.25) is 0 Å². The lowest BCUT2D eigenvalue weighted by Gasteiger charge is -2.18. The Morgan fingerprint density at radius 2 is 1.83 bits per heavy atom. The first-order valence-electron chi connectivity index (χ1n) is 10.7. The first kappa shape index (κ1) is 21.6. The van der Waals surface area contributed by atoms with E-state index in [0.717, 1.165) is 29.5 Å². The summed E-state index contributed by atoms with van der Waals surface area (Å²) in [6.07, 6.45) is 5.54. The molecule has 0 spiro atoms. The lowest BCUT2D eigenvalue weighted by Crippen LogP contribution is -2.41. The molecule has 0 saturated carbocycles. The van der Waals surface area contributed by atoms with Gasteiger partial charge in [0.05, 0.1) is 11.4 Å². The van der Waals surface area contributed by atoms with Crippen molar-refractivity contribution >= 4 is 17.3 Å². The fraction of sp³-hybridized carbons (Fsp3) is 0.500. The molecule has 0 unspecified atom stereocenters. The molecule has 2 aromatic rings. The summed E-state index contributed by atoms with van der Waals surface area (Å²) in [6.45, 7) is 14.0. The molecule has 1 aliphatic rings. The molecule has 0 fully saturated rings. The van der Waals surface area contributed by atoms with Crippen LogP contribution >= 0.6 is 12.2 Å². The van der Waals surface area contributed by atoms with Crippen LogP contribution in [0.4, 0.5) is 0 Å². The molecular formula is C24H34N4S. The largest absolute Gasteiger partial charge is 0.362 e. The van der Waals surface area contributed by atoms with E-state index < -0.39 is 0 Å². The zero-order valence-corrected chi connectivity index (χ0v) is 19.3. The van der Waals surface area contributed by atoms with Crippen LogP contribution in [-0.2, 0) is 0 Å². The summed E-state index contributed by atoms with van der Waals surface area (Å²) in [4.78, 5) is 0. The van der Waals surface area contributed by atoms with E-state index in [2.05, 4.69) is 93.3 Å². The first-order chi connectivity index (χ1) is 13.8. The number of nitrogens with one attached hydrogen (secondary N) is 2. The highest BCUT2D eigenvalue weighted by molar-refractivity contribution is 7.80. The Kier molecular flexibility index (Phi) is 6.78. The second kappa shape index (κ2) is 9.12. The van der Waals surface area contributed by atoms with Crippen molar-refractivity contribution in [2.75, 3.05) is 6.54 Å². The third-order valence-electron chi connectivity index (χ3n) is 5.59. The molecule has 0 saturated heterocycles. The predicted octanol–water partition coefficient (Wildman–Crippen LogP) is 5.14. The number of hydrogen-bond donors (Lipinski definition) is 2. The Bertz CT molecular complexity index is 877. The van der Waals surface area contributed by atoms with Crippen LogP contribution in [0.25, 0.3) is 5.69 Å². The smallest absolute Gasteiger partial charge is 0.166 e. The van der Waals surface area contributed by atoms with E-state index >= 15 is 0 Å². The van der Waals surface area contributed by atoms with Crippen LogP contribution < -0.4 is 10.6 Å². The van der Waals surface area contributed by atoms with Gasteiger partial charge < -0.3 is 10.6 Å². The van der Waals surface area contributed by atoms with Crippen molar-refractivity contribution in [1.82, 2.24) is 20.4 Å². The topological polar surface area (TPSA) is 41.9 Å². The zero-order chi connectivity index (χ0) is 21.1. The van der Waals surface area contributed by atoms with Crippen LogP contribution in [0.3, 0.4) is 0 Å². The van der Waals surface area contributed by atoms with E-state index in [9.17, 15) is 0 Å². The summed E-state index contributed by atoms with van der Waals surface area (Å²) in [5, 5.41) is 12.3. The van der Waals surface area contributed by atoms with E-state index in [1.165, 1.54) is 16.8 Å². The summed E-state index contributed by atoms with van der Waals surface area (Å²) in [6, 6.07) is 9.02. The predicted molar refractivity (Wildman–Crippen MR) is 126 cm³/mol. The number of benzene rings is 1. The summed E-state index contributed by atoms with van der Waals surface area (Å²) >= 11 is 5.44. The Balaban J connectivity index is 1.71. The quantitative estimate of drug-likeness (QED) is 0.511. The van der Waals surface area contributed by atoms with Crippen LogP contribution in [0, 0.1) is 19.8 Å². The van der Waals surface area contributed by atoms with Gasteiger partial charge in [-0.25, -0.2) is 4.68 Å². The minimum atomic E-state index is 0.264. The molecule has 5 heteroatoms. The first-order valence-corrected chi connectivity index (χ1v) is 11.1. The molecule has 0 bridgehead atoms. The minimum Gasteiger partial charge on any atom is -0.362 e. The normalized spacial score (nSPS) is 18.6. The van der Waals surface area contributed by atoms with Crippen molar-refractivity contribution in [3.05, 3.63) is 58.9 Å². The molecule has 0 amide bonds. The molecule has 3 rings (SSSR count). The minimum absolute atomic E-state index is 0.264. The molecule has 29 heavy (non-hydrogen) atoms. The average Bonchev–Trinajstić information content (AvgIpc) is 3.23. The van der Waals surface area contributed by atoms with E-state index in [0.29, 0.717) is 17.8 Å². The molecule has 1 aromatic heterocycles. The van der Waals surface area contributed by atoms with Crippen molar-refractivity contribution in [2.45, 2.75) is 65.8 Å². The van der Waals surface area contributed by atoms with Gasteiger partial charge in [0.15, 0.2) is 5.11 Å². The van der Waals surface area contributed by atoms with Crippen LogP contribution in [0.2, 0.25) is 0 Å². The van der Waals surface area contributed by atoms with Gasteiger partial charge >= 0.3 is 0 Å². The van der Waals surface area contributed by atoms with Gasteiger partial charge in [-0.15, -0.1) is 0 Å². The number of aryl methyl sites for hydroxylation is 1. The van der Waals surface area contributed by atoms with Crippen molar-refractivity contribution in [1.29, 1.82) is 0 Å². The number of aromatic nitrogens is 2. The number of hydrogen-bond acceptors (Lipinski definition) is 2. The highest BCUT2D eigenvalue weighted by Gasteiger charge is 2.26. The van der Waals surface area contributed by atoms with Crippen LogP contribution in [0.5, 0.6) is 0 Å². The summed E-state index contributed by atoms with van der Waals surface area (Å²) in [5.74, 6) is 1.48. The third-order valence-corrected chi connectivity index (χ3v) is 5.86. The van der Waals surface area contributed by atoms with Crippen molar-refractivity contribution in [3.63, 3.8) is 0 Å². The van der Waals surface area contributed by atoms with Gasteiger partial charge in [-0.05, 0) is 62.0 Å². The lowest BCUT2D eigenvalue weighted by molar-refractivity contribution is 0.602. The maximum Gasteiger partial charge on any atom is 0.166 e. The third kappa shape index (κ3) is 5.08. The molecule has 4 nitrogen and oxygen atoms in total. The Hall–Kier alpha value is -2.14. The Morgan fingerprint density at radius 1 is 1.14 bits per heavy atom. The monoisotopic (exact) mass is 410 g/mol.